The lowest BCUT2D eigenvalue weighted by molar-refractivity contribution is 0.101. The van der Waals surface area contributed by atoms with E-state index in [1.165, 1.54) is 6.92 Å². The molecule has 1 aromatic carbocycles. The normalized spacial score (nSPS) is 8.60. The first-order chi connectivity index (χ1) is 7.19. The highest BCUT2D eigenvalue weighted by molar-refractivity contribution is 5.94. The van der Waals surface area contributed by atoms with E-state index < -0.39 is 0 Å². The third-order valence-corrected chi connectivity index (χ3v) is 1.79. The topological polar surface area (TPSA) is 35.5 Å². The number of carbonyl (C=O) groups excluding carboxylic acids is 1. The fourth-order valence-electron chi connectivity index (χ4n) is 1.06. The molecule has 0 aliphatic heterocycles. The second kappa shape index (κ2) is 6.87. The van der Waals surface area contributed by atoms with Crippen LogP contribution < -0.4 is 9.47 Å². The van der Waals surface area contributed by atoms with Crippen molar-refractivity contribution in [2.24, 2.45) is 0 Å². The molecule has 0 aliphatic carbocycles. The summed E-state index contributed by atoms with van der Waals surface area (Å²) in [4.78, 5) is 11.0. The zero-order valence-electron chi connectivity index (χ0n) is 9.96. The lowest BCUT2D eigenvalue weighted by atomic mass is 10.1. The van der Waals surface area contributed by atoms with Crippen LogP contribution in [-0.4, -0.2) is 20.0 Å². The Labute approximate surface area is 91.0 Å². The summed E-state index contributed by atoms with van der Waals surface area (Å²) in [7, 11) is 3.10. The van der Waals surface area contributed by atoms with Crippen LogP contribution in [0.2, 0.25) is 0 Å². The predicted octanol–water partition coefficient (Wildman–Crippen LogP) is 2.93. The Morgan fingerprint density at radius 2 is 1.60 bits per heavy atom. The number of methoxy groups -OCH3 is 2. The second-order valence-corrected chi connectivity index (χ2v) is 2.63. The van der Waals surface area contributed by atoms with E-state index in [0.717, 1.165) is 0 Å². The van der Waals surface area contributed by atoms with Crippen LogP contribution in [0.4, 0.5) is 0 Å². The van der Waals surface area contributed by atoms with Gasteiger partial charge in [0.2, 0.25) is 0 Å². The van der Waals surface area contributed by atoms with Crippen molar-refractivity contribution in [1.29, 1.82) is 0 Å². The molecule has 0 atom stereocenters. The molecule has 1 aromatic rings. The summed E-state index contributed by atoms with van der Waals surface area (Å²) in [5.74, 6) is 1.23. The van der Waals surface area contributed by atoms with Gasteiger partial charge in [-0.25, -0.2) is 0 Å². The Morgan fingerprint density at radius 3 is 2.00 bits per heavy atom. The summed E-state index contributed by atoms with van der Waals surface area (Å²) < 4.78 is 10.1. The molecule has 15 heavy (non-hydrogen) atoms. The number of ether oxygens (including phenoxy) is 2. The van der Waals surface area contributed by atoms with Gasteiger partial charge in [0.15, 0.2) is 17.3 Å². The van der Waals surface area contributed by atoms with Gasteiger partial charge in [-0.3, -0.25) is 4.79 Å². The first-order valence-electron chi connectivity index (χ1n) is 4.92. The van der Waals surface area contributed by atoms with Crippen molar-refractivity contribution >= 4 is 5.78 Å². The van der Waals surface area contributed by atoms with E-state index in [0.29, 0.717) is 17.1 Å². The summed E-state index contributed by atoms with van der Waals surface area (Å²) in [6, 6.07) is 5.10. The maximum absolute atomic E-state index is 11.0. The molecule has 1 rings (SSSR count). The number of rotatable bonds is 3. The Balaban J connectivity index is 0.000000921. The van der Waals surface area contributed by atoms with Crippen LogP contribution in [0.25, 0.3) is 0 Å². The third kappa shape index (κ3) is 3.62. The standard InChI is InChI=1S/C10H12O3.C2H6/c1-7(11)8-4-5-9(12-2)10(6-8)13-3;1-2/h4-6H,1-3H3;1-2H3. The number of ketones is 1. The average Bonchev–Trinajstić information content (AvgIpc) is 2.30. The lowest BCUT2D eigenvalue weighted by Gasteiger charge is -2.07. The Kier molecular flexibility index (Phi) is 6.18. The molecule has 0 unspecified atom stereocenters. The molecular formula is C12H18O3. The molecule has 0 bridgehead atoms. The molecule has 0 N–H and O–H groups in total. The third-order valence-electron chi connectivity index (χ3n) is 1.79. The van der Waals surface area contributed by atoms with E-state index in [1.54, 1.807) is 32.4 Å². The van der Waals surface area contributed by atoms with E-state index in [9.17, 15) is 4.79 Å². The largest absolute Gasteiger partial charge is 0.493 e. The molecule has 3 nitrogen and oxygen atoms in total. The monoisotopic (exact) mass is 210 g/mol. The van der Waals surface area contributed by atoms with Crippen molar-refractivity contribution in [3.8, 4) is 11.5 Å². The first kappa shape index (κ1) is 13.5. The minimum absolute atomic E-state index is 0.0148. The summed E-state index contributed by atoms with van der Waals surface area (Å²) in [6.45, 7) is 5.52. The molecule has 3 heteroatoms. The molecule has 0 aliphatic rings. The van der Waals surface area contributed by atoms with Crippen LogP contribution in [0, 0.1) is 0 Å². The van der Waals surface area contributed by atoms with Crippen LogP contribution in [-0.2, 0) is 0 Å². The van der Waals surface area contributed by atoms with Gasteiger partial charge in [-0.15, -0.1) is 0 Å². The summed E-state index contributed by atoms with van der Waals surface area (Å²) >= 11 is 0. The van der Waals surface area contributed by atoms with Gasteiger partial charge < -0.3 is 9.47 Å². The molecule has 0 saturated heterocycles. The van der Waals surface area contributed by atoms with Crippen molar-refractivity contribution in [1.82, 2.24) is 0 Å². The first-order valence-corrected chi connectivity index (χ1v) is 4.92. The zero-order chi connectivity index (χ0) is 11.8. The average molecular weight is 210 g/mol. The van der Waals surface area contributed by atoms with E-state index in [1.807, 2.05) is 13.8 Å². The van der Waals surface area contributed by atoms with Crippen molar-refractivity contribution in [3.05, 3.63) is 23.8 Å². The van der Waals surface area contributed by atoms with Gasteiger partial charge in [-0.05, 0) is 25.1 Å². The molecule has 0 amide bonds. The van der Waals surface area contributed by atoms with E-state index in [4.69, 9.17) is 9.47 Å². The quantitative estimate of drug-likeness (QED) is 0.719. The molecule has 0 radical (unpaired) electrons. The molecule has 0 spiro atoms. The molecule has 0 heterocycles. The van der Waals surface area contributed by atoms with Gasteiger partial charge in [-0.2, -0.15) is 0 Å². The van der Waals surface area contributed by atoms with E-state index in [-0.39, 0.29) is 5.78 Å². The predicted molar refractivity (Wildman–Crippen MR) is 60.9 cm³/mol. The SMILES string of the molecule is CC.COc1ccc(C(C)=O)cc1OC. The maximum atomic E-state index is 11.0. The minimum Gasteiger partial charge on any atom is -0.493 e. The van der Waals surface area contributed by atoms with Crippen molar-refractivity contribution in [2.75, 3.05) is 14.2 Å². The number of carbonyl (C=O) groups is 1. The van der Waals surface area contributed by atoms with Gasteiger partial charge in [-0.1, -0.05) is 13.8 Å². The van der Waals surface area contributed by atoms with Crippen LogP contribution in [0.3, 0.4) is 0 Å². The van der Waals surface area contributed by atoms with Crippen molar-refractivity contribution < 1.29 is 14.3 Å². The maximum Gasteiger partial charge on any atom is 0.161 e. The highest BCUT2D eigenvalue weighted by Gasteiger charge is 2.06. The minimum atomic E-state index is 0.0148. The van der Waals surface area contributed by atoms with Crippen molar-refractivity contribution in [3.63, 3.8) is 0 Å². The van der Waals surface area contributed by atoms with Gasteiger partial charge in [0, 0.05) is 5.56 Å². The summed E-state index contributed by atoms with van der Waals surface area (Å²) in [5, 5.41) is 0. The molecule has 0 aromatic heterocycles. The van der Waals surface area contributed by atoms with Gasteiger partial charge in [0.25, 0.3) is 0 Å². The Morgan fingerprint density at radius 1 is 1.07 bits per heavy atom. The fraction of sp³-hybridized carbons (Fsp3) is 0.417. The number of Topliss-reactive ketones (excluding diaryl/α,β-unsaturated/α-hetero) is 1. The van der Waals surface area contributed by atoms with Gasteiger partial charge in [0.1, 0.15) is 0 Å². The highest BCUT2D eigenvalue weighted by Crippen LogP contribution is 2.27. The smallest absolute Gasteiger partial charge is 0.161 e. The van der Waals surface area contributed by atoms with Gasteiger partial charge >= 0.3 is 0 Å². The van der Waals surface area contributed by atoms with Crippen LogP contribution in [0.5, 0.6) is 11.5 Å². The van der Waals surface area contributed by atoms with Gasteiger partial charge in [0.05, 0.1) is 14.2 Å². The lowest BCUT2D eigenvalue weighted by Crippen LogP contribution is -1.95. The van der Waals surface area contributed by atoms with Crippen LogP contribution >= 0.6 is 0 Å². The number of hydrogen-bond donors (Lipinski definition) is 0. The summed E-state index contributed by atoms with van der Waals surface area (Å²) in [6.07, 6.45) is 0. The molecule has 0 fully saturated rings. The molecule has 0 saturated carbocycles. The Bertz CT molecular complexity index is 319. The van der Waals surface area contributed by atoms with Crippen molar-refractivity contribution in [2.45, 2.75) is 20.8 Å². The number of hydrogen-bond acceptors (Lipinski definition) is 3. The fourth-order valence-corrected chi connectivity index (χ4v) is 1.06. The highest BCUT2D eigenvalue weighted by atomic mass is 16.5. The van der Waals surface area contributed by atoms with E-state index >= 15 is 0 Å². The molecular weight excluding hydrogens is 192 g/mol. The van der Waals surface area contributed by atoms with Crippen LogP contribution in [0.1, 0.15) is 31.1 Å². The van der Waals surface area contributed by atoms with Crippen LogP contribution in [0.15, 0.2) is 18.2 Å². The Hall–Kier alpha value is -1.51. The summed E-state index contributed by atoms with van der Waals surface area (Å²) in [5.41, 5.74) is 0.623. The van der Waals surface area contributed by atoms with E-state index in [2.05, 4.69) is 0 Å². The number of benzene rings is 1. The second-order valence-electron chi connectivity index (χ2n) is 2.63. The zero-order valence-corrected chi connectivity index (χ0v) is 9.96. The molecule has 84 valence electrons.